The quantitative estimate of drug-likeness (QED) is 0.759. The molecule has 1 heterocycles. The normalized spacial score (nSPS) is 26.2. The number of hydrogen-bond acceptors (Lipinski definition) is 2. The number of rotatable bonds is 5. The second-order valence-electron chi connectivity index (χ2n) is 5.00. The molecule has 0 bridgehead atoms. The molecule has 0 aromatic carbocycles. The first-order valence-electron chi connectivity index (χ1n) is 6.74. The zero-order chi connectivity index (χ0) is 11.1. The number of nitrogens with two attached hydrogens (primary N) is 1. The summed E-state index contributed by atoms with van der Waals surface area (Å²) in [5, 5.41) is 0. The fraction of sp³-hybridized carbons (Fsp3) is 1.00. The monoisotopic (exact) mass is 212 g/mol. The lowest BCUT2D eigenvalue weighted by atomic mass is 9.98. The van der Waals surface area contributed by atoms with Crippen molar-refractivity contribution < 1.29 is 0 Å². The Labute approximate surface area is 95.2 Å². The summed E-state index contributed by atoms with van der Waals surface area (Å²) in [6.45, 7) is 8.32. The van der Waals surface area contributed by atoms with Crippen molar-refractivity contribution in [2.75, 3.05) is 19.6 Å². The molecule has 15 heavy (non-hydrogen) atoms. The van der Waals surface area contributed by atoms with E-state index in [2.05, 4.69) is 18.7 Å². The molecule has 1 rings (SSSR count). The average molecular weight is 212 g/mol. The molecule has 0 aromatic rings. The fourth-order valence-corrected chi connectivity index (χ4v) is 2.41. The molecular formula is C13H28N2. The van der Waals surface area contributed by atoms with Gasteiger partial charge in [-0.1, -0.05) is 20.3 Å². The molecule has 2 N–H and O–H groups in total. The van der Waals surface area contributed by atoms with Crippen molar-refractivity contribution in [3.05, 3.63) is 0 Å². The molecule has 0 aromatic heterocycles. The largest absolute Gasteiger partial charge is 0.328 e. The number of likely N-dealkylation sites (tertiary alicyclic amines) is 1. The Balaban J connectivity index is 2.19. The van der Waals surface area contributed by atoms with Gasteiger partial charge in [0.25, 0.3) is 0 Å². The highest BCUT2D eigenvalue weighted by atomic mass is 15.1. The molecule has 0 spiro atoms. The van der Waals surface area contributed by atoms with Crippen molar-refractivity contribution in [2.24, 2.45) is 11.7 Å². The van der Waals surface area contributed by atoms with Gasteiger partial charge in [0.1, 0.15) is 0 Å². The minimum atomic E-state index is 0.412. The third kappa shape index (κ3) is 4.98. The average Bonchev–Trinajstić information content (AvgIpc) is 2.50. The highest BCUT2D eigenvalue weighted by Crippen LogP contribution is 2.20. The summed E-state index contributed by atoms with van der Waals surface area (Å²) >= 11 is 0. The first-order chi connectivity index (χ1) is 7.26. The molecular weight excluding hydrogens is 184 g/mol. The van der Waals surface area contributed by atoms with Crippen LogP contribution in [0.2, 0.25) is 0 Å². The maximum absolute atomic E-state index is 5.96. The summed E-state index contributed by atoms with van der Waals surface area (Å²) in [6, 6.07) is 0.412. The van der Waals surface area contributed by atoms with Gasteiger partial charge in [0, 0.05) is 6.04 Å². The smallest absolute Gasteiger partial charge is 0.00483 e. The van der Waals surface area contributed by atoms with Crippen LogP contribution in [0.5, 0.6) is 0 Å². The van der Waals surface area contributed by atoms with E-state index in [1.807, 2.05) is 0 Å². The van der Waals surface area contributed by atoms with Crippen molar-refractivity contribution in [3.63, 3.8) is 0 Å². The summed E-state index contributed by atoms with van der Waals surface area (Å²) in [5.41, 5.74) is 5.96. The lowest BCUT2D eigenvalue weighted by molar-refractivity contribution is 0.268. The van der Waals surface area contributed by atoms with E-state index in [1.165, 1.54) is 51.7 Å². The Hall–Kier alpha value is -0.0800. The van der Waals surface area contributed by atoms with E-state index in [0.29, 0.717) is 6.04 Å². The standard InChI is InChI=1S/C13H28N2/c1-3-12-6-5-9-15(10-7-12)11-8-13(14)4-2/h12-13H,3-11,14H2,1-2H3. The van der Waals surface area contributed by atoms with Crippen molar-refractivity contribution in [2.45, 2.75) is 58.4 Å². The molecule has 90 valence electrons. The van der Waals surface area contributed by atoms with Gasteiger partial charge in [-0.3, -0.25) is 0 Å². The van der Waals surface area contributed by atoms with Gasteiger partial charge in [-0.2, -0.15) is 0 Å². The fourth-order valence-electron chi connectivity index (χ4n) is 2.41. The van der Waals surface area contributed by atoms with Crippen LogP contribution in [-0.2, 0) is 0 Å². The van der Waals surface area contributed by atoms with Gasteiger partial charge in [0.05, 0.1) is 0 Å². The van der Waals surface area contributed by atoms with Crippen LogP contribution in [0.1, 0.15) is 52.4 Å². The maximum Gasteiger partial charge on any atom is 0.00483 e. The molecule has 1 saturated heterocycles. The molecule has 2 heteroatoms. The Morgan fingerprint density at radius 2 is 2.07 bits per heavy atom. The zero-order valence-corrected chi connectivity index (χ0v) is 10.5. The van der Waals surface area contributed by atoms with Crippen molar-refractivity contribution in [3.8, 4) is 0 Å². The lowest BCUT2D eigenvalue weighted by Gasteiger charge is -2.21. The lowest BCUT2D eigenvalue weighted by Crippen LogP contribution is -2.31. The molecule has 1 aliphatic rings. The topological polar surface area (TPSA) is 29.3 Å². The van der Waals surface area contributed by atoms with Gasteiger partial charge in [0.2, 0.25) is 0 Å². The molecule has 0 saturated carbocycles. The van der Waals surface area contributed by atoms with Crippen LogP contribution < -0.4 is 5.73 Å². The van der Waals surface area contributed by atoms with Crippen LogP contribution in [0, 0.1) is 5.92 Å². The number of hydrogen-bond donors (Lipinski definition) is 1. The van der Waals surface area contributed by atoms with Gasteiger partial charge in [-0.25, -0.2) is 0 Å². The first kappa shape index (κ1) is 13.0. The molecule has 0 amide bonds. The van der Waals surface area contributed by atoms with Crippen LogP contribution in [0.3, 0.4) is 0 Å². The van der Waals surface area contributed by atoms with Gasteiger partial charge in [-0.05, 0) is 57.7 Å². The molecule has 1 aliphatic heterocycles. The van der Waals surface area contributed by atoms with Crippen LogP contribution in [-0.4, -0.2) is 30.6 Å². The predicted octanol–water partition coefficient (Wildman–Crippen LogP) is 2.63. The van der Waals surface area contributed by atoms with Crippen molar-refractivity contribution >= 4 is 0 Å². The van der Waals surface area contributed by atoms with Gasteiger partial charge < -0.3 is 10.6 Å². The summed E-state index contributed by atoms with van der Waals surface area (Å²) in [5.74, 6) is 0.981. The second kappa shape index (κ2) is 7.24. The molecule has 0 radical (unpaired) electrons. The Bertz CT molecular complexity index is 159. The van der Waals surface area contributed by atoms with Gasteiger partial charge in [-0.15, -0.1) is 0 Å². The Kier molecular flexibility index (Phi) is 6.26. The van der Waals surface area contributed by atoms with Crippen molar-refractivity contribution in [1.82, 2.24) is 4.90 Å². The minimum absolute atomic E-state index is 0.412. The van der Waals surface area contributed by atoms with Gasteiger partial charge in [0.15, 0.2) is 0 Å². The van der Waals surface area contributed by atoms with E-state index in [-0.39, 0.29) is 0 Å². The SMILES string of the molecule is CCC(N)CCN1CCCC(CC)CC1. The van der Waals surface area contributed by atoms with E-state index in [1.54, 1.807) is 0 Å². The predicted molar refractivity (Wildman–Crippen MR) is 67.0 cm³/mol. The van der Waals surface area contributed by atoms with E-state index in [0.717, 1.165) is 12.3 Å². The molecule has 2 unspecified atom stereocenters. The van der Waals surface area contributed by atoms with Gasteiger partial charge >= 0.3 is 0 Å². The highest BCUT2D eigenvalue weighted by molar-refractivity contribution is 4.71. The van der Waals surface area contributed by atoms with Crippen LogP contribution in [0.15, 0.2) is 0 Å². The van der Waals surface area contributed by atoms with E-state index in [4.69, 9.17) is 5.73 Å². The highest BCUT2D eigenvalue weighted by Gasteiger charge is 2.15. The maximum atomic E-state index is 5.96. The summed E-state index contributed by atoms with van der Waals surface area (Å²) in [6.07, 6.45) is 7.88. The van der Waals surface area contributed by atoms with Crippen LogP contribution >= 0.6 is 0 Å². The molecule has 1 fully saturated rings. The third-order valence-corrected chi connectivity index (χ3v) is 3.86. The Morgan fingerprint density at radius 1 is 1.27 bits per heavy atom. The number of nitrogens with zero attached hydrogens (tertiary/aromatic N) is 1. The summed E-state index contributed by atoms with van der Waals surface area (Å²) < 4.78 is 0. The van der Waals surface area contributed by atoms with Crippen LogP contribution in [0.25, 0.3) is 0 Å². The second-order valence-corrected chi connectivity index (χ2v) is 5.00. The van der Waals surface area contributed by atoms with E-state index < -0.39 is 0 Å². The Morgan fingerprint density at radius 3 is 2.73 bits per heavy atom. The minimum Gasteiger partial charge on any atom is -0.328 e. The zero-order valence-electron chi connectivity index (χ0n) is 10.5. The molecule has 2 nitrogen and oxygen atoms in total. The molecule has 2 atom stereocenters. The van der Waals surface area contributed by atoms with Crippen molar-refractivity contribution in [1.29, 1.82) is 0 Å². The van der Waals surface area contributed by atoms with E-state index >= 15 is 0 Å². The molecule has 0 aliphatic carbocycles. The first-order valence-corrected chi connectivity index (χ1v) is 6.74. The van der Waals surface area contributed by atoms with Crippen LogP contribution in [0.4, 0.5) is 0 Å². The third-order valence-electron chi connectivity index (χ3n) is 3.86. The summed E-state index contributed by atoms with van der Waals surface area (Å²) in [7, 11) is 0. The van der Waals surface area contributed by atoms with E-state index in [9.17, 15) is 0 Å². The summed E-state index contributed by atoms with van der Waals surface area (Å²) in [4.78, 5) is 2.62.